The number of amidine groups is 1. The first-order valence-corrected chi connectivity index (χ1v) is 6.86. The predicted octanol–water partition coefficient (Wildman–Crippen LogP) is 0.996. The van der Waals surface area contributed by atoms with Crippen LogP contribution in [-0.4, -0.2) is 47.5 Å². The van der Waals surface area contributed by atoms with Gasteiger partial charge in [-0.2, -0.15) is 0 Å². The van der Waals surface area contributed by atoms with Crippen LogP contribution in [0.25, 0.3) is 0 Å². The van der Waals surface area contributed by atoms with Crippen molar-refractivity contribution in [3.8, 4) is 0 Å². The third-order valence-corrected chi connectivity index (χ3v) is 3.69. The lowest BCUT2D eigenvalue weighted by Crippen LogP contribution is -2.52. The lowest BCUT2D eigenvalue weighted by molar-refractivity contribution is -0.127. The molecule has 4 N–H and O–H groups in total. The zero-order valence-electron chi connectivity index (χ0n) is 12.7. The Hall–Kier alpha value is -1.30. The molecule has 0 aliphatic rings. The van der Waals surface area contributed by atoms with E-state index < -0.39 is 5.41 Å². The number of carbonyl (C=O) groups is 1. The molecular weight excluding hydrogens is 244 g/mol. The van der Waals surface area contributed by atoms with E-state index in [1.54, 1.807) is 6.92 Å². The van der Waals surface area contributed by atoms with E-state index in [-0.39, 0.29) is 17.8 Å². The maximum absolute atomic E-state index is 12.3. The number of nitrogens with zero attached hydrogens (tertiary/aromatic N) is 2. The van der Waals surface area contributed by atoms with Gasteiger partial charge in [-0.25, -0.2) is 0 Å². The predicted molar refractivity (Wildman–Crippen MR) is 77.2 cm³/mol. The minimum Gasteiger partial charge on any atom is -0.409 e. The first-order chi connectivity index (χ1) is 8.85. The van der Waals surface area contributed by atoms with Crippen molar-refractivity contribution in [2.75, 3.05) is 19.6 Å². The molecule has 0 fully saturated rings. The van der Waals surface area contributed by atoms with E-state index in [1.165, 1.54) is 0 Å². The molecule has 6 nitrogen and oxygen atoms in total. The molecule has 2 unspecified atom stereocenters. The molecule has 112 valence electrons. The van der Waals surface area contributed by atoms with E-state index >= 15 is 0 Å². The Bertz CT molecular complexity index is 316. The summed E-state index contributed by atoms with van der Waals surface area (Å²) < 4.78 is 0. The summed E-state index contributed by atoms with van der Waals surface area (Å²) in [6, 6.07) is 0.0183. The number of hydrogen-bond acceptors (Lipinski definition) is 4. The summed E-state index contributed by atoms with van der Waals surface area (Å²) in [7, 11) is 0. The van der Waals surface area contributed by atoms with Crippen molar-refractivity contribution in [1.82, 2.24) is 10.2 Å². The second kappa shape index (κ2) is 7.99. The third kappa shape index (κ3) is 4.70. The van der Waals surface area contributed by atoms with Crippen LogP contribution in [0.15, 0.2) is 5.16 Å². The number of hydrogen-bond donors (Lipinski definition) is 3. The van der Waals surface area contributed by atoms with Crippen LogP contribution in [0, 0.1) is 5.41 Å². The quantitative estimate of drug-likeness (QED) is 0.266. The molecule has 0 heterocycles. The van der Waals surface area contributed by atoms with Gasteiger partial charge in [0.25, 0.3) is 0 Å². The summed E-state index contributed by atoms with van der Waals surface area (Å²) in [6.07, 6.45) is 0.479. The standard InChI is InChI=1S/C13H28N4O2/c1-6-13(5,11(14)16-19)12(18)15-10(4)9-17(7-2)8-3/h10,19H,6-9H2,1-5H3,(H2,14,16)(H,15,18). The lowest BCUT2D eigenvalue weighted by Gasteiger charge is -2.29. The van der Waals surface area contributed by atoms with E-state index in [0.717, 1.165) is 19.6 Å². The fourth-order valence-corrected chi connectivity index (χ4v) is 1.87. The fraction of sp³-hybridized carbons (Fsp3) is 0.846. The van der Waals surface area contributed by atoms with E-state index in [2.05, 4.69) is 29.2 Å². The van der Waals surface area contributed by atoms with Crippen molar-refractivity contribution >= 4 is 11.7 Å². The number of oxime groups is 1. The Morgan fingerprint density at radius 2 is 1.95 bits per heavy atom. The molecule has 2 atom stereocenters. The zero-order chi connectivity index (χ0) is 15.1. The highest BCUT2D eigenvalue weighted by atomic mass is 16.4. The van der Waals surface area contributed by atoms with Crippen molar-refractivity contribution in [3.05, 3.63) is 0 Å². The van der Waals surface area contributed by atoms with Crippen LogP contribution in [0.4, 0.5) is 0 Å². The van der Waals surface area contributed by atoms with Crippen molar-refractivity contribution in [2.24, 2.45) is 16.3 Å². The van der Waals surface area contributed by atoms with Gasteiger partial charge in [0.05, 0.1) is 0 Å². The summed E-state index contributed by atoms with van der Waals surface area (Å²) >= 11 is 0. The van der Waals surface area contributed by atoms with Gasteiger partial charge >= 0.3 is 0 Å². The molecule has 0 aliphatic heterocycles. The highest BCUT2D eigenvalue weighted by molar-refractivity contribution is 6.06. The summed E-state index contributed by atoms with van der Waals surface area (Å²) in [4.78, 5) is 14.5. The molecule has 0 aliphatic carbocycles. The van der Waals surface area contributed by atoms with Crippen LogP contribution in [0.5, 0.6) is 0 Å². The maximum Gasteiger partial charge on any atom is 0.233 e. The van der Waals surface area contributed by atoms with Crippen molar-refractivity contribution < 1.29 is 10.0 Å². The highest BCUT2D eigenvalue weighted by Crippen LogP contribution is 2.21. The second-order valence-electron chi connectivity index (χ2n) is 5.03. The molecule has 1 amide bonds. The monoisotopic (exact) mass is 272 g/mol. The summed E-state index contributed by atoms with van der Waals surface area (Å²) in [5.74, 6) is -0.257. The maximum atomic E-state index is 12.3. The van der Waals surface area contributed by atoms with Crippen molar-refractivity contribution in [2.45, 2.75) is 47.1 Å². The van der Waals surface area contributed by atoms with Crippen LogP contribution in [-0.2, 0) is 4.79 Å². The molecule has 0 saturated heterocycles. The van der Waals surface area contributed by atoms with Gasteiger partial charge in [-0.05, 0) is 33.4 Å². The van der Waals surface area contributed by atoms with Gasteiger partial charge in [0.2, 0.25) is 5.91 Å². The van der Waals surface area contributed by atoms with Crippen molar-refractivity contribution in [3.63, 3.8) is 0 Å². The van der Waals surface area contributed by atoms with E-state index in [9.17, 15) is 4.79 Å². The second-order valence-corrected chi connectivity index (χ2v) is 5.03. The molecule has 19 heavy (non-hydrogen) atoms. The molecule has 0 aromatic heterocycles. The molecule has 0 saturated carbocycles. The first kappa shape index (κ1) is 17.7. The molecule has 0 aromatic carbocycles. The number of rotatable bonds is 8. The smallest absolute Gasteiger partial charge is 0.233 e. The zero-order valence-corrected chi connectivity index (χ0v) is 12.7. The van der Waals surface area contributed by atoms with E-state index in [1.807, 2.05) is 13.8 Å². The van der Waals surface area contributed by atoms with Crippen LogP contribution in [0.1, 0.15) is 41.0 Å². The molecule has 6 heteroatoms. The largest absolute Gasteiger partial charge is 0.409 e. The number of carbonyl (C=O) groups excluding carboxylic acids is 1. The average molecular weight is 272 g/mol. The van der Waals surface area contributed by atoms with E-state index in [0.29, 0.717) is 6.42 Å². The number of likely N-dealkylation sites (N-methyl/N-ethyl adjacent to an activating group) is 1. The minimum absolute atomic E-state index is 0.0183. The number of amides is 1. The summed E-state index contributed by atoms with van der Waals surface area (Å²) in [5.41, 5.74) is 4.65. The SMILES string of the molecule is CCN(CC)CC(C)NC(=O)C(C)(CC)C(N)=NO. The van der Waals surface area contributed by atoms with Gasteiger partial charge < -0.3 is 21.2 Å². The first-order valence-electron chi connectivity index (χ1n) is 6.86. The summed E-state index contributed by atoms with van der Waals surface area (Å²) in [5, 5.41) is 14.7. The van der Waals surface area contributed by atoms with Crippen LogP contribution < -0.4 is 11.1 Å². The lowest BCUT2D eigenvalue weighted by atomic mass is 9.85. The Balaban J connectivity index is 4.66. The topological polar surface area (TPSA) is 91.0 Å². The van der Waals surface area contributed by atoms with Crippen LogP contribution in [0.2, 0.25) is 0 Å². The third-order valence-electron chi connectivity index (χ3n) is 3.69. The van der Waals surface area contributed by atoms with Crippen LogP contribution in [0.3, 0.4) is 0 Å². The fourth-order valence-electron chi connectivity index (χ4n) is 1.87. The van der Waals surface area contributed by atoms with Gasteiger partial charge in [-0.15, -0.1) is 0 Å². The summed E-state index contributed by atoms with van der Waals surface area (Å²) in [6.45, 7) is 12.3. The minimum atomic E-state index is -0.966. The van der Waals surface area contributed by atoms with E-state index in [4.69, 9.17) is 10.9 Å². The van der Waals surface area contributed by atoms with Gasteiger partial charge in [-0.1, -0.05) is 25.9 Å². The normalized spacial score (nSPS) is 17.1. The number of nitrogens with one attached hydrogen (secondary N) is 1. The Kier molecular flexibility index (Phi) is 7.44. The van der Waals surface area contributed by atoms with Gasteiger partial charge in [0, 0.05) is 12.6 Å². The Morgan fingerprint density at radius 1 is 1.42 bits per heavy atom. The molecular formula is C13H28N4O2. The molecule has 0 rings (SSSR count). The van der Waals surface area contributed by atoms with Crippen molar-refractivity contribution in [1.29, 1.82) is 0 Å². The molecule has 0 spiro atoms. The van der Waals surface area contributed by atoms with Gasteiger partial charge in [-0.3, -0.25) is 4.79 Å². The molecule has 0 bridgehead atoms. The highest BCUT2D eigenvalue weighted by Gasteiger charge is 2.36. The van der Waals surface area contributed by atoms with Gasteiger partial charge in [0.1, 0.15) is 5.41 Å². The Labute approximate surface area is 116 Å². The number of nitrogens with two attached hydrogens (primary N) is 1. The molecule has 0 aromatic rings. The Morgan fingerprint density at radius 3 is 2.32 bits per heavy atom. The van der Waals surface area contributed by atoms with Crippen LogP contribution >= 0.6 is 0 Å². The average Bonchev–Trinajstić information content (AvgIpc) is 2.42. The molecule has 0 radical (unpaired) electrons. The van der Waals surface area contributed by atoms with Gasteiger partial charge in [0.15, 0.2) is 5.84 Å².